The molecule has 0 aromatic rings. The Morgan fingerprint density at radius 1 is 1.53 bits per heavy atom. The Hall–Kier alpha value is -0.830. The van der Waals surface area contributed by atoms with Gasteiger partial charge in [-0.1, -0.05) is 19.4 Å². The first-order valence-corrected chi connectivity index (χ1v) is 5.66. The van der Waals surface area contributed by atoms with E-state index in [4.69, 9.17) is 4.74 Å². The molecule has 0 aromatic carbocycles. The van der Waals surface area contributed by atoms with Crippen LogP contribution in [-0.2, 0) is 9.53 Å². The number of rotatable bonds is 5. The molecule has 0 spiro atoms. The van der Waals surface area contributed by atoms with Crippen molar-refractivity contribution in [1.82, 2.24) is 4.90 Å². The second-order valence-electron chi connectivity index (χ2n) is 4.10. The lowest BCUT2D eigenvalue weighted by molar-refractivity contribution is -0.136. The highest BCUT2D eigenvalue weighted by Gasteiger charge is 2.21. The van der Waals surface area contributed by atoms with Crippen molar-refractivity contribution < 1.29 is 9.53 Å². The Morgan fingerprint density at radius 3 is 2.60 bits per heavy atom. The molecule has 0 bridgehead atoms. The zero-order chi connectivity index (χ0) is 11.3. The smallest absolute Gasteiger partial charge is 0.333 e. The lowest BCUT2D eigenvalue weighted by Gasteiger charge is -2.34. The van der Waals surface area contributed by atoms with Crippen LogP contribution in [0.2, 0.25) is 0 Å². The summed E-state index contributed by atoms with van der Waals surface area (Å²) in [4.78, 5) is 13.6. The van der Waals surface area contributed by atoms with Crippen LogP contribution in [-0.4, -0.2) is 37.6 Å². The van der Waals surface area contributed by atoms with E-state index in [-0.39, 0.29) is 5.97 Å². The van der Waals surface area contributed by atoms with Crippen molar-refractivity contribution in [3.8, 4) is 0 Å². The number of carbonyl (C=O) groups is 1. The molecular weight excluding hydrogens is 190 g/mol. The normalized spacial score (nSPS) is 17.7. The van der Waals surface area contributed by atoms with E-state index in [1.807, 2.05) is 13.0 Å². The minimum atomic E-state index is -0.195. The van der Waals surface area contributed by atoms with Gasteiger partial charge in [-0.2, -0.15) is 0 Å². The molecule has 1 fully saturated rings. The van der Waals surface area contributed by atoms with Gasteiger partial charge in [-0.25, -0.2) is 4.79 Å². The molecule has 0 N–H and O–H groups in total. The molecule has 1 aliphatic rings. The van der Waals surface area contributed by atoms with Crippen molar-refractivity contribution in [1.29, 1.82) is 0 Å². The zero-order valence-electron chi connectivity index (χ0n) is 9.95. The van der Waals surface area contributed by atoms with E-state index >= 15 is 0 Å². The van der Waals surface area contributed by atoms with Crippen LogP contribution >= 0.6 is 0 Å². The van der Waals surface area contributed by atoms with Crippen molar-refractivity contribution in [2.75, 3.05) is 20.7 Å². The first-order chi connectivity index (χ1) is 7.19. The highest BCUT2D eigenvalue weighted by atomic mass is 16.5. The highest BCUT2D eigenvalue weighted by Crippen LogP contribution is 2.23. The van der Waals surface area contributed by atoms with Crippen molar-refractivity contribution in [2.24, 2.45) is 0 Å². The molecule has 0 heterocycles. The molecule has 0 saturated heterocycles. The number of ether oxygens (including phenoxy) is 1. The summed E-state index contributed by atoms with van der Waals surface area (Å²) in [6.45, 7) is 2.83. The van der Waals surface area contributed by atoms with Crippen LogP contribution in [0.3, 0.4) is 0 Å². The Labute approximate surface area is 92.1 Å². The fraction of sp³-hybridized carbons (Fsp3) is 0.750. The Balaban J connectivity index is 2.41. The molecule has 15 heavy (non-hydrogen) atoms. The van der Waals surface area contributed by atoms with Crippen LogP contribution in [0.5, 0.6) is 0 Å². The van der Waals surface area contributed by atoms with Crippen LogP contribution < -0.4 is 0 Å². The van der Waals surface area contributed by atoms with Gasteiger partial charge in [-0.15, -0.1) is 0 Å². The highest BCUT2D eigenvalue weighted by molar-refractivity contribution is 5.88. The molecule has 0 atom stereocenters. The van der Waals surface area contributed by atoms with Gasteiger partial charge in [0.2, 0.25) is 0 Å². The van der Waals surface area contributed by atoms with Gasteiger partial charge >= 0.3 is 5.97 Å². The third-order valence-corrected chi connectivity index (χ3v) is 3.15. The maximum absolute atomic E-state index is 11.3. The molecule has 0 amide bonds. The van der Waals surface area contributed by atoms with E-state index < -0.39 is 0 Å². The van der Waals surface area contributed by atoms with Crippen LogP contribution in [0.1, 0.15) is 32.6 Å². The number of esters is 1. The number of likely N-dealkylation sites (N-methyl/N-ethyl adjacent to an activating group) is 1. The average Bonchev–Trinajstić information content (AvgIpc) is 2.15. The van der Waals surface area contributed by atoms with Crippen molar-refractivity contribution in [3.63, 3.8) is 0 Å². The molecule has 1 rings (SSSR count). The van der Waals surface area contributed by atoms with Gasteiger partial charge in [0.25, 0.3) is 0 Å². The van der Waals surface area contributed by atoms with E-state index in [1.165, 1.54) is 26.4 Å². The predicted octanol–water partition coefficient (Wildman–Crippen LogP) is 1.98. The quantitative estimate of drug-likeness (QED) is 0.514. The van der Waals surface area contributed by atoms with Gasteiger partial charge in [0, 0.05) is 18.2 Å². The summed E-state index contributed by atoms with van der Waals surface area (Å²) in [6.07, 6.45) is 6.67. The molecule has 86 valence electrons. The number of hydrogen-bond donors (Lipinski definition) is 0. The van der Waals surface area contributed by atoms with Crippen LogP contribution in [0.15, 0.2) is 11.6 Å². The summed E-state index contributed by atoms with van der Waals surface area (Å²) in [6, 6.07) is 0.719. The molecule has 1 saturated carbocycles. The maximum Gasteiger partial charge on any atom is 0.333 e. The summed E-state index contributed by atoms with van der Waals surface area (Å²) in [5.41, 5.74) is 0.781. The zero-order valence-corrected chi connectivity index (χ0v) is 9.95. The van der Waals surface area contributed by atoms with E-state index in [9.17, 15) is 4.79 Å². The Morgan fingerprint density at radius 2 is 2.20 bits per heavy atom. The fourth-order valence-electron chi connectivity index (χ4n) is 1.73. The Kier molecular flexibility index (Phi) is 4.82. The number of carbonyl (C=O) groups excluding carboxylic acids is 1. The third-order valence-electron chi connectivity index (χ3n) is 3.15. The lowest BCUT2D eigenvalue weighted by atomic mass is 9.92. The van der Waals surface area contributed by atoms with E-state index in [0.717, 1.165) is 24.6 Å². The summed E-state index contributed by atoms with van der Waals surface area (Å²) in [5, 5.41) is 0. The second kappa shape index (κ2) is 5.91. The largest absolute Gasteiger partial charge is 0.466 e. The SMILES string of the molecule is CCC(=CCN(C)C1CCC1)C(=O)OC. The van der Waals surface area contributed by atoms with Gasteiger partial charge in [-0.3, -0.25) is 4.90 Å². The van der Waals surface area contributed by atoms with Crippen LogP contribution in [0.4, 0.5) is 0 Å². The summed E-state index contributed by atoms with van der Waals surface area (Å²) in [7, 11) is 3.55. The monoisotopic (exact) mass is 211 g/mol. The first-order valence-electron chi connectivity index (χ1n) is 5.66. The topological polar surface area (TPSA) is 29.5 Å². The molecule has 3 heteroatoms. The molecule has 1 aliphatic carbocycles. The summed E-state index contributed by atoms with van der Waals surface area (Å²) >= 11 is 0. The number of nitrogens with zero attached hydrogens (tertiary/aromatic N) is 1. The van der Waals surface area contributed by atoms with E-state index in [0.29, 0.717) is 0 Å². The molecule has 0 aliphatic heterocycles. The van der Waals surface area contributed by atoms with Crippen LogP contribution in [0, 0.1) is 0 Å². The molecule has 0 aromatic heterocycles. The average molecular weight is 211 g/mol. The molecule has 3 nitrogen and oxygen atoms in total. The van der Waals surface area contributed by atoms with Gasteiger partial charge in [0.15, 0.2) is 0 Å². The maximum atomic E-state index is 11.3. The van der Waals surface area contributed by atoms with Crippen molar-refractivity contribution >= 4 is 5.97 Å². The van der Waals surface area contributed by atoms with Crippen molar-refractivity contribution in [2.45, 2.75) is 38.6 Å². The molecule has 0 unspecified atom stereocenters. The second-order valence-corrected chi connectivity index (χ2v) is 4.10. The fourth-order valence-corrected chi connectivity index (χ4v) is 1.73. The standard InChI is InChI=1S/C12H21NO2/c1-4-10(12(14)15-3)8-9-13(2)11-6-5-7-11/h8,11H,4-7,9H2,1-3H3. The van der Waals surface area contributed by atoms with Gasteiger partial charge in [-0.05, 0) is 26.3 Å². The van der Waals surface area contributed by atoms with Gasteiger partial charge in [0.1, 0.15) is 0 Å². The van der Waals surface area contributed by atoms with Gasteiger partial charge < -0.3 is 4.74 Å². The third kappa shape index (κ3) is 3.34. The van der Waals surface area contributed by atoms with Crippen molar-refractivity contribution in [3.05, 3.63) is 11.6 Å². The predicted molar refractivity (Wildman–Crippen MR) is 60.7 cm³/mol. The van der Waals surface area contributed by atoms with Gasteiger partial charge in [0.05, 0.1) is 7.11 Å². The number of hydrogen-bond acceptors (Lipinski definition) is 3. The summed E-state index contributed by atoms with van der Waals surface area (Å²) in [5.74, 6) is -0.195. The number of methoxy groups -OCH3 is 1. The minimum Gasteiger partial charge on any atom is -0.466 e. The minimum absolute atomic E-state index is 0.195. The van der Waals surface area contributed by atoms with E-state index in [2.05, 4.69) is 11.9 Å². The Bertz CT molecular complexity index is 244. The lowest BCUT2D eigenvalue weighted by Crippen LogP contribution is -2.37. The summed E-state index contributed by atoms with van der Waals surface area (Å²) < 4.78 is 4.71. The first kappa shape index (κ1) is 12.2. The van der Waals surface area contributed by atoms with E-state index in [1.54, 1.807) is 0 Å². The molecule has 0 radical (unpaired) electrons. The molecular formula is C12H21NO2. The van der Waals surface area contributed by atoms with Crippen LogP contribution in [0.25, 0.3) is 0 Å².